The molecule has 116 valence electrons. The van der Waals surface area contributed by atoms with E-state index in [1.165, 1.54) is 6.07 Å². The zero-order chi connectivity index (χ0) is 16.6. The van der Waals surface area contributed by atoms with Gasteiger partial charge in [0.15, 0.2) is 16.8 Å². The van der Waals surface area contributed by atoms with E-state index >= 15 is 0 Å². The Morgan fingerprint density at radius 3 is 2.65 bits per heavy atom. The molecule has 0 unspecified atom stereocenters. The van der Waals surface area contributed by atoms with Crippen molar-refractivity contribution in [2.75, 3.05) is 0 Å². The lowest BCUT2D eigenvalue weighted by Gasteiger charge is -2.06. The van der Waals surface area contributed by atoms with Crippen molar-refractivity contribution < 1.29 is 14.3 Å². The van der Waals surface area contributed by atoms with Gasteiger partial charge in [0.05, 0.1) is 10.4 Å². The minimum Gasteiger partial charge on any atom is -0.508 e. The number of hydrogen-bond donors (Lipinski definition) is 1. The Labute approximate surface area is 140 Å². The highest BCUT2D eigenvalue weighted by Gasteiger charge is 2.16. The Kier molecular flexibility index (Phi) is 4.11. The lowest BCUT2D eigenvalue weighted by atomic mass is 10.1. The van der Waals surface area contributed by atoms with Gasteiger partial charge in [-0.05, 0) is 24.3 Å². The fourth-order valence-corrected chi connectivity index (χ4v) is 2.61. The molecule has 2 aromatic carbocycles. The monoisotopic (exact) mass is 348 g/mol. The zero-order valence-electron chi connectivity index (χ0n) is 11.7. The summed E-state index contributed by atoms with van der Waals surface area (Å²) in [6.45, 7) is 0. The summed E-state index contributed by atoms with van der Waals surface area (Å²) < 4.78 is 5.48. The second kappa shape index (κ2) is 6.07. The molecular formula is C17H10Cl2O4. The quantitative estimate of drug-likeness (QED) is 0.719. The number of ketones is 1. The molecule has 0 saturated heterocycles. The number of rotatable bonds is 3. The van der Waals surface area contributed by atoms with E-state index in [2.05, 4.69) is 0 Å². The topological polar surface area (TPSA) is 67.5 Å². The molecule has 0 aliphatic rings. The average Bonchev–Trinajstić information content (AvgIpc) is 2.51. The summed E-state index contributed by atoms with van der Waals surface area (Å²) in [6, 6.07) is 10.4. The smallest absolute Gasteiger partial charge is 0.202 e. The molecule has 3 rings (SSSR count). The second-order valence-electron chi connectivity index (χ2n) is 4.96. The molecule has 0 spiro atoms. The van der Waals surface area contributed by atoms with E-state index in [-0.39, 0.29) is 34.0 Å². The Hall–Kier alpha value is -2.30. The van der Waals surface area contributed by atoms with Gasteiger partial charge in [0.1, 0.15) is 5.75 Å². The van der Waals surface area contributed by atoms with Crippen molar-refractivity contribution in [3.63, 3.8) is 0 Å². The molecule has 0 saturated carbocycles. The Morgan fingerprint density at radius 1 is 1.13 bits per heavy atom. The maximum Gasteiger partial charge on any atom is 0.202 e. The first kappa shape index (κ1) is 15.6. The number of phenolic OH excluding ortho intramolecular Hbond substituents is 1. The highest BCUT2D eigenvalue weighted by atomic mass is 35.5. The third kappa shape index (κ3) is 3.09. The van der Waals surface area contributed by atoms with Gasteiger partial charge >= 0.3 is 0 Å². The number of aromatic hydroxyl groups is 1. The van der Waals surface area contributed by atoms with Crippen molar-refractivity contribution in [1.29, 1.82) is 0 Å². The average molecular weight is 349 g/mol. The third-order valence-corrected chi connectivity index (χ3v) is 3.91. The van der Waals surface area contributed by atoms with Gasteiger partial charge in [0.25, 0.3) is 0 Å². The van der Waals surface area contributed by atoms with Crippen LogP contribution in [-0.2, 0) is 6.42 Å². The molecule has 0 amide bonds. The summed E-state index contributed by atoms with van der Waals surface area (Å²) >= 11 is 11.8. The van der Waals surface area contributed by atoms with Crippen LogP contribution in [0, 0.1) is 0 Å². The fourth-order valence-electron chi connectivity index (χ4n) is 2.23. The van der Waals surface area contributed by atoms with Crippen LogP contribution in [0.25, 0.3) is 11.0 Å². The highest BCUT2D eigenvalue weighted by molar-refractivity contribution is 6.34. The molecular weight excluding hydrogens is 339 g/mol. The van der Waals surface area contributed by atoms with E-state index in [0.29, 0.717) is 16.0 Å². The summed E-state index contributed by atoms with van der Waals surface area (Å²) in [7, 11) is 0. The molecule has 0 atom stereocenters. The van der Waals surface area contributed by atoms with E-state index < -0.39 is 5.78 Å². The summed E-state index contributed by atoms with van der Waals surface area (Å²) in [5.41, 5.74) is 0.212. The lowest BCUT2D eigenvalue weighted by Crippen LogP contribution is -2.09. The molecule has 0 bridgehead atoms. The number of halogens is 2. The van der Waals surface area contributed by atoms with E-state index in [4.69, 9.17) is 27.6 Å². The molecule has 0 radical (unpaired) electrons. The van der Waals surface area contributed by atoms with E-state index in [0.717, 1.165) is 6.07 Å². The van der Waals surface area contributed by atoms with Crippen LogP contribution in [0.2, 0.25) is 10.0 Å². The van der Waals surface area contributed by atoms with E-state index in [9.17, 15) is 14.7 Å². The molecule has 1 heterocycles. The second-order valence-corrected chi connectivity index (χ2v) is 5.81. The van der Waals surface area contributed by atoms with Crippen LogP contribution < -0.4 is 5.43 Å². The molecule has 1 aromatic heterocycles. The van der Waals surface area contributed by atoms with Crippen LogP contribution in [0.15, 0.2) is 51.7 Å². The first-order valence-corrected chi connectivity index (χ1v) is 7.44. The summed E-state index contributed by atoms with van der Waals surface area (Å²) in [6.07, 6.45) is -0.123. The van der Waals surface area contributed by atoms with Gasteiger partial charge in [0.2, 0.25) is 5.78 Å². The highest BCUT2D eigenvalue weighted by Crippen LogP contribution is 2.25. The van der Waals surface area contributed by atoms with Crippen LogP contribution >= 0.6 is 23.2 Å². The molecule has 1 N–H and O–H groups in total. The van der Waals surface area contributed by atoms with Crippen molar-refractivity contribution in [2.45, 2.75) is 6.42 Å². The van der Waals surface area contributed by atoms with Gasteiger partial charge < -0.3 is 9.52 Å². The fraction of sp³-hybridized carbons (Fsp3) is 0.0588. The lowest BCUT2D eigenvalue weighted by molar-refractivity contribution is 0.0966. The van der Waals surface area contributed by atoms with Gasteiger partial charge in [-0.3, -0.25) is 9.59 Å². The Bertz CT molecular complexity index is 976. The van der Waals surface area contributed by atoms with Crippen molar-refractivity contribution in [3.05, 3.63) is 74.1 Å². The van der Waals surface area contributed by atoms with Gasteiger partial charge in [-0.25, -0.2) is 0 Å². The Morgan fingerprint density at radius 2 is 1.91 bits per heavy atom. The Balaban J connectivity index is 2.01. The normalized spacial score (nSPS) is 10.9. The summed E-state index contributed by atoms with van der Waals surface area (Å²) in [5.74, 6) is -0.640. The SMILES string of the molecule is O=C(Cc1ccc(Cl)cc1O)c1cc(=O)c2cccc(Cl)c2o1. The van der Waals surface area contributed by atoms with Gasteiger partial charge in [-0.15, -0.1) is 0 Å². The standard InChI is InChI=1S/C17H10Cl2O4/c18-10-5-4-9(13(20)7-10)6-15(22)16-8-14(21)11-2-1-3-12(19)17(11)23-16/h1-5,7-8,20H,6H2. The van der Waals surface area contributed by atoms with Crippen molar-refractivity contribution in [3.8, 4) is 5.75 Å². The molecule has 3 aromatic rings. The molecule has 0 fully saturated rings. The molecule has 23 heavy (non-hydrogen) atoms. The van der Waals surface area contributed by atoms with Crippen LogP contribution in [0.4, 0.5) is 0 Å². The number of para-hydroxylation sites is 1. The predicted molar refractivity (Wildman–Crippen MR) is 88.6 cm³/mol. The number of Topliss-reactive ketones (excluding diaryl/α,β-unsaturated/α-hetero) is 1. The first-order chi connectivity index (χ1) is 11.0. The minimum absolute atomic E-state index is 0.0907. The summed E-state index contributed by atoms with van der Waals surface area (Å²) in [4.78, 5) is 24.4. The first-order valence-electron chi connectivity index (χ1n) is 6.68. The number of benzene rings is 2. The molecule has 0 aliphatic carbocycles. The largest absolute Gasteiger partial charge is 0.508 e. The van der Waals surface area contributed by atoms with Crippen LogP contribution in [0.3, 0.4) is 0 Å². The predicted octanol–water partition coefficient (Wildman–Crippen LogP) is 4.23. The number of hydrogen-bond acceptors (Lipinski definition) is 4. The van der Waals surface area contributed by atoms with Gasteiger partial charge in [-0.2, -0.15) is 0 Å². The van der Waals surface area contributed by atoms with Gasteiger partial charge in [-0.1, -0.05) is 35.3 Å². The molecule has 4 nitrogen and oxygen atoms in total. The number of fused-ring (bicyclic) bond motifs is 1. The molecule has 0 aliphatic heterocycles. The number of phenols is 1. The van der Waals surface area contributed by atoms with Crippen molar-refractivity contribution >= 4 is 40.0 Å². The van der Waals surface area contributed by atoms with Crippen LogP contribution in [0.1, 0.15) is 16.1 Å². The maximum absolute atomic E-state index is 12.3. The van der Waals surface area contributed by atoms with Gasteiger partial charge in [0, 0.05) is 23.1 Å². The van der Waals surface area contributed by atoms with Crippen LogP contribution in [-0.4, -0.2) is 10.9 Å². The number of carbonyl (C=O) groups excluding carboxylic acids is 1. The summed E-state index contributed by atoms with van der Waals surface area (Å²) in [5, 5.41) is 10.7. The third-order valence-electron chi connectivity index (χ3n) is 3.38. The van der Waals surface area contributed by atoms with E-state index in [1.54, 1.807) is 30.3 Å². The number of carbonyl (C=O) groups is 1. The minimum atomic E-state index is -0.443. The van der Waals surface area contributed by atoms with Crippen molar-refractivity contribution in [2.24, 2.45) is 0 Å². The zero-order valence-corrected chi connectivity index (χ0v) is 13.2. The maximum atomic E-state index is 12.3. The van der Waals surface area contributed by atoms with E-state index in [1.807, 2.05) is 0 Å². The van der Waals surface area contributed by atoms with Crippen molar-refractivity contribution in [1.82, 2.24) is 0 Å². The molecule has 6 heteroatoms. The van der Waals surface area contributed by atoms with Crippen LogP contribution in [0.5, 0.6) is 5.75 Å².